The van der Waals surface area contributed by atoms with Crippen molar-refractivity contribution in [3.63, 3.8) is 0 Å². The fraction of sp³-hybridized carbons (Fsp3) is 0.500. The number of nitrogens with zero attached hydrogens (tertiary/aromatic N) is 1. The van der Waals surface area contributed by atoms with E-state index in [1.54, 1.807) is 6.92 Å². The highest BCUT2D eigenvalue weighted by Crippen LogP contribution is 2.27. The van der Waals surface area contributed by atoms with Crippen molar-refractivity contribution in [3.8, 4) is 5.75 Å². The van der Waals surface area contributed by atoms with Crippen molar-refractivity contribution in [1.82, 2.24) is 5.32 Å². The maximum atomic E-state index is 12.0. The Morgan fingerprint density at radius 1 is 1.52 bits per heavy atom. The van der Waals surface area contributed by atoms with Gasteiger partial charge in [-0.25, -0.2) is 0 Å². The molecule has 0 fully saturated rings. The Morgan fingerprint density at radius 3 is 2.71 bits per heavy atom. The quantitative estimate of drug-likeness (QED) is 0.591. The number of nitro groups is 1. The monoisotopic (exact) mass is 296 g/mol. The van der Waals surface area contributed by atoms with Crippen LogP contribution in [0.4, 0.5) is 5.69 Å². The van der Waals surface area contributed by atoms with Crippen LogP contribution in [0.15, 0.2) is 18.2 Å². The van der Waals surface area contributed by atoms with Crippen LogP contribution in [0, 0.1) is 10.1 Å². The third kappa shape index (κ3) is 4.71. The van der Waals surface area contributed by atoms with Crippen LogP contribution >= 0.6 is 0 Å². The first kappa shape index (κ1) is 16.9. The van der Waals surface area contributed by atoms with Gasteiger partial charge in [0, 0.05) is 24.2 Å². The molecule has 2 N–H and O–H groups in total. The minimum Gasteiger partial charge on any atom is -0.490 e. The van der Waals surface area contributed by atoms with Gasteiger partial charge in [0.05, 0.1) is 17.6 Å². The van der Waals surface area contributed by atoms with Gasteiger partial charge in [0.1, 0.15) is 0 Å². The van der Waals surface area contributed by atoms with E-state index in [0.717, 1.165) is 6.42 Å². The summed E-state index contributed by atoms with van der Waals surface area (Å²) in [5.41, 5.74) is -0.938. The Bertz CT molecular complexity index is 528. The molecule has 0 saturated heterocycles. The molecule has 0 bridgehead atoms. The zero-order chi connectivity index (χ0) is 16.0. The number of nitro benzene ring substituents is 1. The minimum atomic E-state index is -0.977. The van der Waals surface area contributed by atoms with E-state index in [9.17, 15) is 20.0 Å². The van der Waals surface area contributed by atoms with Crippen LogP contribution < -0.4 is 10.1 Å². The summed E-state index contributed by atoms with van der Waals surface area (Å²) in [4.78, 5) is 22.2. The summed E-state index contributed by atoms with van der Waals surface area (Å²) in [6.45, 7) is 3.70. The number of nitrogens with one attached hydrogen (secondary N) is 1. The molecular formula is C14H20N2O5. The Kier molecular flexibility index (Phi) is 5.66. The molecule has 0 aliphatic carbocycles. The summed E-state index contributed by atoms with van der Waals surface area (Å²) >= 11 is 0. The first-order valence-corrected chi connectivity index (χ1v) is 6.63. The van der Waals surface area contributed by atoms with Crippen molar-refractivity contribution in [2.75, 3.05) is 13.7 Å². The molecule has 1 atom stereocenters. The van der Waals surface area contributed by atoms with Crippen molar-refractivity contribution >= 4 is 11.6 Å². The Labute approximate surface area is 123 Å². The molecule has 1 aromatic carbocycles. The molecule has 7 heteroatoms. The second-order valence-corrected chi connectivity index (χ2v) is 5.07. The van der Waals surface area contributed by atoms with Crippen LogP contribution in [-0.4, -0.2) is 35.2 Å². The number of benzene rings is 1. The number of carbonyl (C=O) groups is 1. The van der Waals surface area contributed by atoms with Gasteiger partial charge < -0.3 is 15.2 Å². The maximum absolute atomic E-state index is 12.0. The largest absolute Gasteiger partial charge is 0.490 e. The summed E-state index contributed by atoms with van der Waals surface area (Å²) in [6.07, 6.45) is 1.37. The van der Waals surface area contributed by atoms with E-state index in [1.807, 2.05) is 6.92 Å². The first-order chi connectivity index (χ1) is 9.80. The lowest BCUT2D eigenvalue weighted by Crippen LogP contribution is -2.40. The highest BCUT2D eigenvalue weighted by molar-refractivity contribution is 5.95. The predicted octanol–water partition coefficient (Wildman–Crippen LogP) is 1.88. The molecule has 0 aliphatic heterocycles. The summed E-state index contributed by atoms with van der Waals surface area (Å²) in [5, 5.41) is 23.4. The van der Waals surface area contributed by atoms with Crippen LogP contribution in [0.1, 0.15) is 37.0 Å². The first-order valence-electron chi connectivity index (χ1n) is 6.63. The lowest BCUT2D eigenvalue weighted by molar-refractivity contribution is -0.385. The standard InChI is InChI=1S/C14H20N2O5/c1-4-7-14(2,18)9-15-13(17)10-5-6-11(16(19)20)12(8-10)21-3/h5-6,8,18H,4,7,9H2,1-3H3,(H,15,17). The second kappa shape index (κ2) is 7.03. The highest BCUT2D eigenvalue weighted by Gasteiger charge is 2.22. The molecule has 0 spiro atoms. The zero-order valence-corrected chi connectivity index (χ0v) is 12.4. The number of ether oxygens (including phenoxy) is 1. The summed E-state index contributed by atoms with van der Waals surface area (Å²) in [5.74, 6) is -0.396. The molecule has 0 heterocycles. The molecule has 0 saturated carbocycles. The molecule has 116 valence electrons. The van der Waals surface area contributed by atoms with Gasteiger partial charge in [-0.05, 0) is 19.4 Å². The number of methoxy groups -OCH3 is 1. The van der Waals surface area contributed by atoms with Crippen molar-refractivity contribution in [3.05, 3.63) is 33.9 Å². The van der Waals surface area contributed by atoms with E-state index in [-0.39, 0.29) is 23.5 Å². The average Bonchev–Trinajstić information content (AvgIpc) is 2.43. The van der Waals surface area contributed by atoms with Crippen LogP contribution in [0.2, 0.25) is 0 Å². The van der Waals surface area contributed by atoms with E-state index in [1.165, 1.54) is 25.3 Å². The number of carbonyl (C=O) groups excluding carboxylic acids is 1. The normalized spacial score (nSPS) is 13.3. The Hall–Kier alpha value is -2.15. The predicted molar refractivity (Wildman–Crippen MR) is 77.5 cm³/mol. The fourth-order valence-electron chi connectivity index (χ4n) is 1.97. The number of aliphatic hydroxyl groups is 1. The van der Waals surface area contributed by atoms with E-state index >= 15 is 0 Å². The molecular weight excluding hydrogens is 276 g/mol. The summed E-state index contributed by atoms with van der Waals surface area (Å²) in [6, 6.07) is 3.88. The zero-order valence-electron chi connectivity index (χ0n) is 12.4. The van der Waals surface area contributed by atoms with Gasteiger partial charge >= 0.3 is 5.69 Å². The SMILES string of the molecule is CCCC(C)(O)CNC(=O)c1ccc([N+](=O)[O-])c(OC)c1. The van der Waals surface area contributed by atoms with Crippen LogP contribution in [0.5, 0.6) is 5.75 Å². The molecule has 1 unspecified atom stereocenters. The lowest BCUT2D eigenvalue weighted by Gasteiger charge is -2.22. The molecule has 1 amide bonds. The molecule has 21 heavy (non-hydrogen) atoms. The van der Waals surface area contributed by atoms with Gasteiger partial charge in [0.25, 0.3) is 5.91 Å². The molecule has 0 aliphatic rings. The Morgan fingerprint density at radius 2 is 2.19 bits per heavy atom. The number of amides is 1. The topological polar surface area (TPSA) is 102 Å². The van der Waals surface area contributed by atoms with Crippen LogP contribution in [0.25, 0.3) is 0 Å². The number of hydrogen-bond acceptors (Lipinski definition) is 5. The van der Waals surface area contributed by atoms with Gasteiger partial charge in [-0.3, -0.25) is 14.9 Å². The van der Waals surface area contributed by atoms with Crippen molar-refractivity contribution in [2.45, 2.75) is 32.3 Å². The number of rotatable bonds is 7. The van der Waals surface area contributed by atoms with Gasteiger partial charge in [0.2, 0.25) is 0 Å². The van der Waals surface area contributed by atoms with E-state index in [0.29, 0.717) is 6.42 Å². The molecule has 1 rings (SSSR count). The van der Waals surface area contributed by atoms with Gasteiger partial charge in [-0.1, -0.05) is 13.3 Å². The van der Waals surface area contributed by atoms with Crippen LogP contribution in [0.3, 0.4) is 0 Å². The van der Waals surface area contributed by atoms with Crippen molar-refractivity contribution in [2.24, 2.45) is 0 Å². The molecule has 0 aromatic heterocycles. The molecule has 7 nitrogen and oxygen atoms in total. The number of hydrogen-bond donors (Lipinski definition) is 2. The van der Waals surface area contributed by atoms with E-state index < -0.39 is 16.4 Å². The van der Waals surface area contributed by atoms with Gasteiger partial charge in [-0.15, -0.1) is 0 Å². The molecule has 1 aromatic rings. The third-order valence-electron chi connectivity index (χ3n) is 3.06. The molecule has 0 radical (unpaired) electrons. The van der Waals surface area contributed by atoms with Gasteiger partial charge in [0.15, 0.2) is 5.75 Å². The average molecular weight is 296 g/mol. The van der Waals surface area contributed by atoms with Crippen molar-refractivity contribution < 1.29 is 19.6 Å². The van der Waals surface area contributed by atoms with E-state index in [2.05, 4.69) is 5.32 Å². The fourth-order valence-corrected chi connectivity index (χ4v) is 1.97. The van der Waals surface area contributed by atoms with Crippen molar-refractivity contribution in [1.29, 1.82) is 0 Å². The maximum Gasteiger partial charge on any atom is 0.310 e. The smallest absolute Gasteiger partial charge is 0.310 e. The second-order valence-electron chi connectivity index (χ2n) is 5.07. The Balaban J connectivity index is 2.82. The third-order valence-corrected chi connectivity index (χ3v) is 3.06. The summed E-state index contributed by atoms with van der Waals surface area (Å²) < 4.78 is 4.91. The summed E-state index contributed by atoms with van der Waals surface area (Å²) in [7, 11) is 1.30. The minimum absolute atomic E-state index is 0.0213. The van der Waals surface area contributed by atoms with E-state index in [4.69, 9.17) is 4.74 Å². The van der Waals surface area contributed by atoms with Crippen LogP contribution in [-0.2, 0) is 0 Å². The highest BCUT2D eigenvalue weighted by atomic mass is 16.6. The lowest BCUT2D eigenvalue weighted by atomic mass is 10.0. The van der Waals surface area contributed by atoms with Gasteiger partial charge in [-0.2, -0.15) is 0 Å².